The molecular weight excluding hydrogens is 264 g/mol. The third-order valence-corrected chi connectivity index (χ3v) is 4.35. The Labute approximate surface area is 114 Å². The van der Waals surface area contributed by atoms with Gasteiger partial charge in [-0.2, -0.15) is 0 Å². The van der Waals surface area contributed by atoms with Crippen LogP contribution >= 0.6 is 0 Å². The van der Waals surface area contributed by atoms with Crippen LogP contribution in [0, 0.1) is 0 Å². The number of nitrogens with one attached hydrogen (secondary N) is 2. The molecule has 0 fully saturated rings. The molecule has 0 unspecified atom stereocenters. The normalized spacial score (nSPS) is 13.0. The summed E-state index contributed by atoms with van der Waals surface area (Å²) in [5.74, 6) is -0.116. The van der Waals surface area contributed by atoms with Crippen molar-refractivity contribution >= 4 is 15.9 Å². The standard InChI is InChI=1S/C13H20N2O3S/c1-4-10(2)15-19(17,18)13-7-5-12(6-8-13)9-14-11(3)16/h5-8,10,15H,4,9H2,1-3H3,(H,14,16)/t10-/m0/s1. The lowest BCUT2D eigenvalue weighted by Crippen LogP contribution is -2.32. The summed E-state index contributed by atoms with van der Waals surface area (Å²) in [6.45, 7) is 5.58. The summed E-state index contributed by atoms with van der Waals surface area (Å²) in [5.41, 5.74) is 0.859. The van der Waals surface area contributed by atoms with E-state index in [0.717, 1.165) is 12.0 Å². The molecule has 1 rings (SSSR count). The minimum absolute atomic E-state index is 0.0935. The molecule has 0 saturated carbocycles. The van der Waals surface area contributed by atoms with Crippen molar-refractivity contribution in [1.29, 1.82) is 0 Å². The largest absolute Gasteiger partial charge is 0.352 e. The third kappa shape index (κ3) is 5.00. The zero-order valence-electron chi connectivity index (χ0n) is 11.4. The summed E-state index contributed by atoms with van der Waals surface area (Å²) < 4.78 is 26.6. The van der Waals surface area contributed by atoms with E-state index in [4.69, 9.17) is 0 Å². The van der Waals surface area contributed by atoms with Gasteiger partial charge in [0.1, 0.15) is 0 Å². The summed E-state index contributed by atoms with van der Waals surface area (Å²) in [6.07, 6.45) is 0.736. The van der Waals surface area contributed by atoms with Crippen LogP contribution in [0.4, 0.5) is 0 Å². The quantitative estimate of drug-likeness (QED) is 0.829. The van der Waals surface area contributed by atoms with Gasteiger partial charge in [-0.05, 0) is 31.0 Å². The average molecular weight is 284 g/mol. The van der Waals surface area contributed by atoms with E-state index in [9.17, 15) is 13.2 Å². The fourth-order valence-corrected chi connectivity index (χ4v) is 2.76. The molecule has 0 aliphatic rings. The molecule has 0 aromatic heterocycles. The van der Waals surface area contributed by atoms with Gasteiger partial charge in [0.05, 0.1) is 4.90 Å². The molecule has 106 valence electrons. The molecule has 2 N–H and O–H groups in total. The monoisotopic (exact) mass is 284 g/mol. The first-order valence-electron chi connectivity index (χ1n) is 6.21. The first-order valence-corrected chi connectivity index (χ1v) is 7.69. The number of carbonyl (C=O) groups is 1. The Bertz CT molecular complexity index is 523. The van der Waals surface area contributed by atoms with Crippen LogP contribution in [0.2, 0.25) is 0 Å². The van der Waals surface area contributed by atoms with Crippen LogP contribution < -0.4 is 10.0 Å². The molecule has 1 aromatic rings. The molecule has 0 radical (unpaired) electrons. The Morgan fingerprint density at radius 2 is 1.84 bits per heavy atom. The van der Waals surface area contributed by atoms with Crippen molar-refractivity contribution in [2.24, 2.45) is 0 Å². The van der Waals surface area contributed by atoms with Crippen LogP contribution in [0.5, 0.6) is 0 Å². The smallest absolute Gasteiger partial charge is 0.240 e. The van der Waals surface area contributed by atoms with E-state index in [1.54, 1.807) is 24.3 Å². The molecule has 19 heavy (non-hydrogen) atoms. The summed E-state index contributed by atoms with van der Waals surface area (Å²) in [6, 6.07) is 6.38. The Hall–Kier alpha value is -1.40. The van der Waals surface area contributed by atoms with Crippen molar-refractivity contribution in [2.45, 2.75) is 44.7 Å². The zero-order chi connectivity index (χ0) is 14.5. The zero-order valence-corrected chi connectivity index (χ0v) is 12.3. The molecule has 0 aliphatic heterocycles. The summed E-state index contributed by atoms with van der Waals surface area (Å²) in [4.78, 5) is 11.0. The van der Waals surface area contributed by atoms with E-state index in [1.807, 2.05) is 13.8 Å². The number of hydrogen-bond donors (Lipinski definition) is 2. The van der Waals surface area contributed by atoms with Gasteiger partial charge in [-0.25, -0.2) is 13.1 Å². The predicted molar refractivity (Wildman–Crippen MR) is 74.0 cm³/mol. The summed E-state index contributed by atoms with van der Waals surface area (Å²) in [5, 5.41) is 2.66. The van der Waals surface area contributed by atoms with Crippen molar-refractivity contribution in [3.8, 4) is 0 Å². The average Bonchev–Trinajstić information content (AvgIpc) is 2.36. The lowest BCUT2D eigenvalue weighted by atomic mass is 10.2. The highest BCUT2D eigenvalue weighted by molar-refractivity contribution is 7.89. The maximum absolute atomic E-state index is 12.0. The highest BCUT2D eigenvalue weighted by Gasteiger charge is 2.15. The van der Waals surface area contributed by atoms with Crippen LogP contribution in [0.25, 0.3) is 0 Å². The first-order chi connectivity index (χ1) is 8.85. The molecule has 5 nitrogen and oxygen atoms in total. The Morgan fingerprint density at radius 1 is 1.26 bits per heavy atom. The topological polar surface area (TPSA) is 75.3 Å². The van der Waals surface area contributed by atoms with Crippen molar-refractivity contribution in [3.63, 3.8) is 0 Å². The van der Waals surface area contributed by atoms with E-state index in [0.29, 0.717) is 6.54 Å². The lowest BCUT2D eigenvalue weighted by Gasteiger charge is -2.12. The van der Waals surface area contributed by atoms with Crippen LogP contribution in [-0.2, 0) is 21.4 Å². The molecule has 1 amide bonds. The van der Waals surface area contributed by atoms with Crippen LogP contribution in [0.15, 0.2) is 29.2 Å². The highest BCUT2D eigenvalue weighted by atomic mass is 32.2. The van der Waals surface area contributed by atoms with E-state index < -0.39 is 10.0 Å². The molecule has 1 aromatic carbocycles. The van der Waals surface area contributed by atoms with Gasteiger partial charge < -0.3 is 5.32 Å². The fraction of sp³-hybridized carbons (Fsp3) is 0.462. The van der Waals surface area contributed by atoms with Gasteiger partial charge in [0.2, 0.25) is 15.9 Å². The van der Waals surface area contributed by atoms with Crippen LogP contribution in [0.3, 0.4) is 0 Å². The minimum Gasteiger partial charge on any atom is -0.352 e. The van der Waals surface area contributed by atoms with Crippen molar-refractivity contribution in [3.05, 3.63) is 29.8 Å². The van der Waals surface area contributed by atoms with Gasteiger partial charge in [-0.15, -0.1) is 0 Å². The minimum atomic E-state index is -3.46. The van der Waals surface area contributed by atoms with E-state index in [2.05, 4.69) is 10.0 Å². The molecule has 0 saturated heterocycles. The van der Waals surface area contributed by atoms with E-state index in [1.165, 1.54) is 6.92 Å². The number of amides is 1. The molecule has 6 heteroatoms. The molecule has 0 bridgehead atoms. The van der Waals surface area contributed by atoms with Gasteiger partial charge in [0.15, 0.2) is 0 Å². The van der Waals surface area contributed by atoms with Crippen molar-refractivity contribution in [2.75, 3.05) is 0 Å². The van der Waals surface area contributed by atoms with Gasteiger partial charge in [-0.1, -0.05) is 19.1 Å². The fourth-order valence-electron chi connectivity index (χ4n) is 1.43. The Balaban J connectivity index is 2.77. The molecule has 0 aliphatic carbocycles. The number of carbonyl (C=O) groups excluding carboxylic acids is 1. The van der Waals surface area contributed by atoms with E-state index >= 15 is 0 Å². The van der Waals surface area contributed by atoms with Gasteiger partial charge in [0, 0.05) is 19.5 Å². The third-order valence-electron chi connectivity index (χ3n) is 2.74. The first kappa shape index (κ1) is 15.7. The van der Waals surface area contributed by atoms with Crippen molar-refractivity contribution in [1.82, 2.24) is 10.0 Å². The van der Waals surface area contributed by atoms with Crippen molar-refractivity contribution < 1.29 is 13.2 Å². The predicted octanol–water partition coefficient (Wildman–Crippen LogP) is 1.40. The molecular formula is C13H20N2O3S. The molecule has 0 heterocycles. The number of rotatable bonds is 6. The summed E-state index contributed by atoms with van der Waals surface area (Å²) in [7, 11) is -3.46. The Kier molecular flexibility index (Phi) is 5.50. The second-order valence-electron chi connectivity index (χ2n) is 4.48. The second kappa shape index (κ2) is 6.68. The number of hydrogen-bond acceptors (Lipinski definition) is 3. The SMILES string of the molecule is CC[C@H](C)NS(=O)(=O)c1ccc(CNC(C)=O)cc1. The number of sulfonamides is 1. The van der Waals surface area contributed by atoms with Crippen LogP contribution in [0.1, 0.15) is 32.8 Å². The maximum Gasteiger partial charge on any atom is 0.240 e. The Morgan fingerprint density at radius 3 is 2.32 bits per heavy atom. The molecule has 0 spiro atoms. The van der Waals surface area contributed by atoms with Gasteiger partial charge >= 0.3 is 0 Å². The van der Waals surface area contributed by atoms with Gasteiger partial charge in [0.25, 0.3) is 0 Å². The van der Waals surface area contributed by atoms with Gasteiger partial charge in [-0.3, -0.25) is 4.79 Å². The second-order valence-corrected chi connectivity index (χ2v) is 6.20. The van der Waals surface area contributed by atoms with E-state index in [-0.39, 0.29) is 16.8 Å². The summed E-state index contributed by atoms with van der Waals surface area (Å²) >= 11 is 0. The lowest BCUT2D eigenvalue weighted by molar-refractivity contribution is -0.119. The van der Waals surface area contributed by atoms with Crippen LogP contribution in [-0.4, -0.2) is 20.4 Å². The molecule has 1 atom stereocenters. The maximum atomic E-state index is 12.0. The number of benzene rings is 1. The highest BCUT2D eigenvalue weighted by Crippen LogP contribution is 2.11.